The lowest BCUT2D eigenvalue weighted by atomic mass is 10.0. The van der Waals surface area contributed by atoms with Crippen LogP contribution < -0.4 is 0 Å². The molecule has 4 aromatic rings. The fourth-order valence-corrected chi connectivity index (χ4v) is 2.72. The van der Waals surface area contributed by atoms with E-state index in [1.54, 1.807) is 0 Å². The first-order valence-corrected chi connectivity index (χ1v) is 7.67. The van der Waals surface area contributed by atoms with Gasteiger partial charge in [-0.25, -0.2) is 0 Å². The Morgan fingerprint density at radius 2 is 1.13 bits per heavy atom. The van der Waals surface area contributed by atoms with Gasteiger partial charge in [0.15, 0.2) is 0 Å². The van der Waals surface area contributed by atoms with Crippen molar-refractivity contribution in [2.45, 2.75) is 0 Å². The van der Waals surface area contributed by atoms with E-state index < -0.39 is 0 Å². The van der Waals surface area contributed by atoms with E-state index >= 15 is 0 Å². The second-order valence-corrected chi connectivity index (χ2v) is 5.48. The van der Waals surface area contributed by atoms with E-state index in [-0.39, 0.29) is 0 Å². The summed E-state index contributed by atoms with van der Waals surface area (Å²) in [4.78, 5) is 0. The van der Waals surface area contributed by atoms with Crippen LogP contribution in [0.3, 0.4) is 0 Å². The van der Waals surface area contributed by atoms with Crippen LogP contribution in [0.5, 0.6) is 0 Å². The normalized spacial score (nSPS) is 10.6. The van der Waals surface area contributed by atoms with E-state index in [0.717, 1.165) is 22.5 Å². The van der Waals surface area contributed by atoms with Gasteiger partial charge in [0.2, 0.25) is 0 Å². The molecule has 0 saturated carbocycles. The molecule has 1 heterocycles. The molecular formula is C21H16N2. The average molecular weight is 296 g/mol. The Hall–Kier alpha value is -3.13. The maximum atomic E-state index is 4.44. The highest BCUT2D eigenvalue weighted by atomic mass is 15.1. The third-order valence-electron chi connectivity index (χ3n) is 3.93. The molecule has 110 valence electrons. The fourth-order valence-electron chi connectivity index (χ4n) is 2.72. The molecule has 0 aliphatic heterocycles. The summed E-state index contributed by atoms with van der Waals surface area (Å²) in [5.41, 5.74) is 6.68. The first-order chi connectivity index (χ1) is 11.4. The van der Waals surface area contributed by atoms with Gasteiger partial charge in [-0.05, 0) is 23.3 Å². The van der Waals surface area contributed by atoms with Gasteiger partial charge in [0.1, 0.15) is 0 Å². The molecule has 0 amide bonds. The van der Waals surface area contributed by atoms with Crippen molar-refractivity contribution in [2.75, 3.05) is 0 Å². The molecule has 23 heavy (non-hydrogen) atoms. The molecule has 0 saturated heterocycles. The minimum absolute atomic E-state index is 0.964. The summed E-state index contributed by atoms with van der Waals surface area (Å²) < 4.78 is 0. The quantitative estimate of drug-likeness (QED) is 0.538. The lowest BCUT2D eigenvalue weighted by molar-refractivity contribution is 1.10. The number of H-pyrrole nitrogens is 1. The molecule has 2 heteroatoms. The van der Waals surface area contributed by atoms with E-state index in [2.05, 4.69) is 76.9 Å². The van der Waals surface area contributed by atoms with Gasteiger partial charge < -0.3 is 0 Å². The van der Waals surface area contributed by atoms with E-state index in [9.17, 15) is 0 Å². The zero-order valence-electron chi connectivity index (χ0n) is 12.6. The highest BCUT2D eigenvalue weighted by Crippen LogP contribution is 2.27. The summed E-state index contributed by atoms with van der Waals surface area (Å²) in [5.74, 6) is 0. The number of aromatic amines is 1. The number of hydrogen-bond donors (Lipinski definition) is 1. The third-order valence-corrected chi connectivity index (χ3v) is 3.93. The van der Waals surface area contributed by atoms with Crippen molar-refractivity contribution >= 4 is 0 Å². The number of hydrogen-bond acceptors (Lipinski definition) is 1. The minimum atomic E-state index is 0.964. The molecule has 0 radical (unpaired) electrons. The van der Waals surface area contributed by atoms with Crippen molar-refractivity contribution < 1.29 is 0 Å². The number of nitrogens with zero attached hydrogens (tertiary/aromatic N) is 1. The zero-order valence-corrected chi connectivity index (χ0v) is 12.6. The predicted octanol–water partition coefficient (Wildman–Crippen LogP) is 5.41. The topological polar surface area (TPSA) is 28.7 Å². The van der Waals surface area contributed by atoms with Crippen molar-refractivity contribution in [1.29, 1.82) is 0 Å². The summed E-state index contributed by atoms with van der Waals surface area (Å²) in [6, 6.07) is 31.2. The minimum Gasteiger partial charge on any atom is -0.277 e. The standard InChI is InChI=1S/C21H16N2/c1-3-8-16(9-4-1)18-12-7-13-19(14-18)21-15-20(22-23-21)17-10-5-2-6-11-17/h1-15H,(H,22,23). The van der Waals surface area contributed by atoms with Crippen LogP contribution in [0.4, 0.5) is 0 Å². The number of aromatic nitrogens is 2. The van der Waals surface area contributed by atoms with Gasteiger partial charge in [0.25, 0.3) is 0 Å². The van der Waals surface area contributed by atoms with Crippen LogP contribution in [0, 0.1) is 0 Å². The summed E-state index contributed by atoms with van der Waals surface area (Å²) in [6.45, 7) is 0. The molecule has 0 aliphatic rings. The Morgan fingerprint density at radius 1 is 0.522 bits per heavy atom. The van der Waals surface area contributed by atoms with Gasteiger partial charge in [0, 0.05) is 11.1 Å². The molecule has 0 bridgehead atoms. The molecule has 4 rings (SSSR count). The van der Waals surface area contributed by atoms with Crippen LogP contribution in [0.15, 0.2) is 91.0 Å². The number of benzene rings is 3. The molecule has 3 aromatic carbocycles. The largest absolute Gasteiger partial charge is 0.277 e. The summed E-state index contributed by atoms with van der Waals surface area (Å²) >= 11 is 0. The Labute approximate surface area is 135 Å². The maximum absolute atomic E-state index is 4.44. The van der Waals surface area contributed by atoms with Gasteiger partial charge in [0.05, 0.1) is 11.4 Å². The zero-order chi connectivity index (χ0) is 15.5. The molecule has 0 aliphatic carbocycles. The summed E-state index contributed by atoms with van der Waals surface area (Å²) in [6.07, 6.45) is 0. The first kappa shape index (κ1) is 13.5. The molecule has 0 unspecified atom stereocenters. The van der Waals surface area contributed by atoms with Gasteiger partial charge in [-0.1, -0.05) is 78.9 Å². The Balaban J connectivity index is 1.71. The molecule has 1 N–H and O–H groups in total. The molecular weight excluding hydrogens is 280 g/mol. The van der Waals surface area contributed by atoms with E-state index in [0.29, 0.717) is 0 Å². The van der Waals surface area contributed by atoms with Crippen LogP contribution in [0.1, 0.15) is 0 Å². The van der Waals surface area contributed by atoms with Crippen LogP contribution in [-0.2, 0) is 0 Å². The number of nitrogens with one attached hydrogen (secondary N) is 1. The van der Waals surface area contributed by atoms with Crippen molar-refractivity contribution in [3.63, 3.8) is 0 Å². The first-order valence-electron chi connectivity index (χ1n) is 7.67. The molecule has 0 atom stereocenters. The Bertz CT molecular complexity index is 909. The van der Waals surface area contributed by atoms with Crippen molar-refractivity contribution in [3.05, 3.63) is 91.0 Å². The van der Waals surface area contributed by atoms with Crippen LogP contribution in [-0.4, -0.2) is 10.2 Å². The van der Waals surface area contributed by atoms with Crippen molar-refractivity contribution in [2.24, 2.45) is 0 Å². The van der Waals surface area contributed by atoms with Gasteiger partial charge in [-0.2, -0.15) is 5.10 Å². The molecule has 2 nitrogen and oxygen atoms in total. The van der Waals surface area contributed by atoms with Gasteiger partial charge >= 0.3 is 0 Å². The van der Waals surface area contributed by atoms with Crippen LogP contribution in [0.25, 0.3) is 33.6 Å². The highest BCUT2D eigenvalue weighted by Gasteiger charge is 2.06. The lowest BCUT2D eigenvalue weighted by Crippen LogP contribution is -1.81. The van der Waals surface area contributed by atoms with Crippen molar-refractivity contribution in [1.82, 2.24) is 10.2 Å². The maximum Gasteiger partial charge on any atom is 0.0927 e. The van der Waals surface area contributed by atoms with Crippen molar-refractivity contribution in [3.8, 4) is 33.6 Å². The van der Waals surface area contributed by atoms with E-state index in [4.69, 9.17) is 0 Å². The molecule has 1 aromatic heterocycles. The third kappa shape index (κ3) is 2.79. The summed E-state index contributed by atoms with van der Waals surface area (Å²) in [7, 11) is 0. The Morgan fingerprint density at radius 3 is 1.87 bits per heavy atom. The van der Waals surface area contributed by atoms with Crippen LogP contribution in [0.2, 0.25) is 0 Å². The average Bonchev–Trinajstić information content (AvgIpc) is 3.14. The number of rotatable bonds is 3. The monoisotopic (exact) mass is 296 g/mol. The second kappa shape index (κ2) is 5.93. The lowest BCUT2D eigenvalue weighted by Gasteiger charge is -2.04. The predicted molar refractivity (Wildman–Crippen MR) is 94.9 cm³/mol. The Kier molecular flexibility index (Phi) is 3.49. The fraction of sp³-hybridized carbons (Fsp3) is 0. The summed E-state index contributed by atoms with van der Waals surface area (Å²) in [5, 5.41) is 7.59. The van der Waals surface area contributed by atoms with Gasteiger partial charge in [-0.15, -0.1) is 0 Å². The van der Waals surface area contributed by atoms with Gasteiger partial charge in [-0.3, -0.25) is 5.10 Å². The molecule has 0 fully saturated rings. The van der Waals surface area contributed by atoms with E-state index in [1.807, 2.05) is 24.3 Å². The highest BCUT2D eigenvalue weighted by molar-refractivity contribution is 5.73. The second-order valence-electron chi connectivity index (χ2n) is 5.48. The van der Waals surface area contributed by atoms with E-state index in [1.165, 1.54) is 11.1 Å². The smallest absolute Gasteiger partial charge is 0.0927 e. The SMILES string of the molecule is c1ccc(-c2cccc(-c3cc(-c4ccccc4)n[nH]3)c2)cc1. The van der Waals surface area contributed by atoms with Crippen LogP contribution >= 0.6 is 0 Å². The molecule has 0 spiro atoms.